The van der Waals surface area contributed by atoms with Crippen molar-refractivity contribution >= 4 is 50.8 Å². The van der Waals surface area contributed by atoms with Gasteiger partial charge in [0.15, 0.2) is 17.4 Å². The summed E-state index contributed by atoms with van der Waals surface area (Å²) >= 11 is -0.306. The molecule has 0 atom stereocenters. The maximum Gasteiger partial charge on any atom is 0.495 e. The number of hydrogen-bond donors (Lipinski definition) is 0. The molecular formula is H5Al2Cl2O. The molecule has 0 spiro atoms. The first-order valence-corrected chi connectivity index (χ1v) is 3.93. The van der Waals surface area contributed by atoms with Gasteiger partial charge in [-0.25, -0.2) is 20.1 Å². The highest BCUT2D eigenvalue weighted by molar-refractivity contribution is 7.22. The molecule has 0 aromatic carbocycles. The van der Waals surface area contributed by atoms with Crippen LogP contribution < -0.4 is 0 Å². The third-order valence-corrected chi connectivity index (χ3v) is 0. The second-order valence-corrected chi connectivity index (χ2v) is 2.23. The summed E-state index contributed by atoms with van der Waals surface area (Å²) in [5, 5.41) is 0. The third kappa shape index (κ3) is 28.3. The van der Waals surface area contributed by atoms with Crippen LogP contribution >= 0.6 is 20.1 Å². The van der Waals surface area contributed by atoms with E-state index in [2.05, 4.69) is 0 Å². The molecule has 5 heteroatoms. The highest BCUT2D eigenvalue weighted by atomic mass is 35.7. The Morgan fingerprint density at radius 3 is 1.20 bits per heavy atom. The second kappa shape index (κ2) is 17.5. The average Bonchev–Trinajstić information content (AvgIpc) is 0.918. The first kappa shape index (κ1) is 16.0. The predicted octanol–water partition coefficient (Wildman–Crippen LogP) is -1.01. The molecule has 2 N–H and O–H groups in total. The molecule has 0 aliphatic carbocycles. The van der Waals surface area contributed by atoms with Crippen molar-refractivity contribution in [3.63, 3.8) is 0 Å². The van der Waals surface area contributed by atoms with E-state index in [4.69, 9.17) is 20.1 Å². The van der Waals surface area contributed by atoms with Gasteiger partial charge in [-0.2, -0.15) is 0 Å². The molecule has 1 radical (unpaired) electrons. The SMILES string of the molecule is O.[AlH3].[Cl][Al][Cl]. The first-order chi connectivity index (χ1) is 1.41. The molecule has 0 aromatic rings. The monoisotopic (exact) mass is 145 g/mol. The zero-order valence-corrected chi connectivity index (χ0v) is 4.50. The Balaban J connectivity index is -0.0000000200. The Morgan fingerprint density at radius 2 is 1.20 bits per heavy atom. The van der Waals surface area contributed by atoms with Crippen LogP contribution in [0.5, 0.6) is 0 Å². The van der Waals surface area contributed by atoms with Gasteiger partial charge in [0.2, 0.25) is 0 Å². The predicted molar refractivity (Wildman–Crippen MR) is 31.0 cm³/mol. The summed E-state index contributed by atoms with van der Waals surface area (Å²) in [5.74, 6) is 0. The zero-order chi connectivity index (χ0) is 2.71. The van der Waals surface area contributed by atoms with Gasteiger partial charge in [-0.05, 0) is 0 Å². The topological polar surface area (TPSA) is 31.5 Å². The van der Waals surface area contributed by atoms with Crippen LogP contribution in [-0.4, -0.2) is 36.2 Å². The molecule has 5 heavy (non-hydrogen) atoms. The highest BCUT2D eigenvalue weighted by Gasteiger charge is 1.59. The molecular weight excluding hydrogens is 141 g/mol. The molecule has 0 amide bonds. The van der Waals surface area contributed by atoms with Crippen molar-refractivity contribution in [3.8, 4) is 0 Å². The third-order valence-electron chi connectivity index (χ3n) is 0. The Bertz CT molecular complexity index is 7.61. The van der Waals surface area contributed by atoms with E-state index >= 15 is 0 Å². The fraction of sp³-hybridized carbons (Fsp3) is 0. The molecule has 0 aromatic heterocycles. The van der Waals surface area contributed by atoms with E-state index in [0.717, 1.165) is 0 Å². The Kier molecular flexibility index (Phi) is 55.9. The lowest BCUT2D eigenvalue weighted by atomic mass is 16.0. The van der Waals surface area contributed by atoms with Gasteiger partial charge in [-0.1, -0.05) is 0 Å². The van der Waals surface area contributed by atoms with Gasteiger partial charge in [0.05, 0.1) is 0 Å². The van der Waals surface area contributed by atoms with Gasteiger partial charge in [-0.3, -0.25) is 0 Å². The summed E-state index contributed by atoms with van der Waals surface area (Å²) in [6.45, 7) is 0. The van der Waals surface area contributed by atoms with Crippen LogP contribution in [0.1, 0.15) is 0 Å². The molecule has 1 nitrogen and oxygen atoms in total. The summed E-state index contributed by atoms with van der Waals surface area (Å²) in [6.07, 6.45) is 0. The van der Waals surface area contributed by atoms with E-state index in [1.54, 1.807) is 0 Å². The minimum Gasteiger partial charge on any atom is -0.412 e. The maximum absolute atomic E-state index is 4.85. The summed E-state index contributed by atoms with van der Waals surface area (Å²) in [6, 6.07) is 0. The van der Waals surface area contributed by atoms with E-state index in [-0.39, 0.29) is 36.2 Å². The van der Waals surface area contributed by atoms with Crippen LogP contribution in [0.25, 0.3) is 0 Å². The average molecular weight is 146 g/mol. The van der Waals surface area contributed by atoms with Crippen LogP contribution in [0.15, 0.2) is 0 Å². The standard InChI is InChI=1S/2Al.2ClH.H2O.3H/h;;2*1H;1H2;;;/q;+2;;;;;;/p-2. The maximum atomic E-state index is 4.85. The van der Waals surface area contributed by atoms with Crippen LogP contribution in [0, 0.1) is 0 Å². The van der Waals surface area contributed by atoms with Gasteiger partial charge in [0.25, 0.3) is 0 Å². The summed E-state index contributed by atoms with van der Waals surface area (Å²) in [4.78, 5) is 0. The fourth-order valence-corrected chi connectivity index (χ4v) is 0. The van der Waals surface area contributed by atoms with Crippen molar-refractivity contribution in [2.24, 2.45) is 0 Å². The van der Waals surface area contributed by atoms with Crippen LogP contribution in [0.2, 0.25) is 0 Å². The van der Waals surface area contributed by atoms with Crippen LogP contribution in [-0.2, 0) is 0 Å². The minimum absolute atomic E-state index is 0. The molecule has 0 saturated carbocycles. The van der Waals surface area contributed by atoms with Crippen LogP contribution in [0.4, 0.5) is 0 Å². The molecule has 0 fully saturated rings. The fourth-order valence-electron chi connectivity index (χ4n) is 0. The van der Waals surface area contributed by atoms with Gasteiger partial charge in [0, 0.05) is 0 Å². The Hall–Kier alpha value is 1.60. The molecule has 0 aliphatic heterocycles. The van der Waals surface area contributed by atoms with Crippen molar-refractivity contribution in [3.05, 3.63) is 0 Å². The Morgan fingerprint density at radius 1 is 1.20 bits per heavy atom. The molecule has 0 heterocycles. The number of rotatable bonds is 0. The van der Waals surface area contributed by atoms with E-state index in [1.807, 2.05) is 0 Å². The van der Waals surface area contributed by atoms with Gasteiger partial charge in [0.1, 0.15) is 0 Å². The molecule has 0 saturated heterocycles. The van der Waals surface area contributed by atoms with E-state index in [0.29, 0.717) is 0 Å². The summed E-state index contributed by atoms with van der Waals surface area (Å²) in [7, 11) is 9.69. The van der Waals surface area contributed by atoms with E-state index in [9.17, 15) is 0 Å². The second-order valence-electron chi connectivity index (χ2n) is 0.0825. The quantitative estimate of drug-likeness (QED) is 0.392. The lowest BCUT2D eigenvalue weighted by Gasteiger charge is -1.34. The smallest absolute Gasteiger partial charge is 0.412 e. The molecule has 0 unspecified atom stereocenters. The highest BCUT2D eigenvalue weighted by Crippen LogP contribution is 1.67. The molecule has 0 rings (SSSR count). The number of halogens is 2. The Labute approximate surface area is 56.2 Å². The van der Waals surface area contributed by atoms with Crippen molar-refractivity contribution in [1.82, 2.24) is 0 Å². The van der Waals surface area contributed by atoms with Gasteiger partial charge < -0.3 is 5.48 Å². The van der Waals surface area contributed by atoms with Crippen molar-refractivity contribution in [2.75, 3.05) is 0 Å². The van der Waals surface area contributed by atoms with E-state index in [1.165, 1.54) is 0 Å². The van der Waals surface area contributed by atoms with Crippen molar-refractivity contribution < 1.29 is 5.48 Å². The first-order valence-electron chi connectivity index (χ1n) is 0.436. The van der Waals surface area contributed by atoms with Gasteiger partial charge in [-0.15, -0.1) is 0 Å². The largest absolute Gasteiger partial charge is 0.495 e. The molecule has 0 bridgehead atoms. The molecule has 31 valence electrons. The lowest BCUT2D eigenvalue weighted by molar-refractivity contribution is 0.824. The minimum atomic E-state index is -0.306. The lowest BCUT2D eigenvalue weighted by Crippen LogP contribution is -1.36. The molecule has 0 aliphatic rings. The summed E-state index contributed by atoms with van der Waals surface area (Å²) < 4.78 is 0. The van der Waals surface area contributed by atoms with Gasteiger partial charge >= 0.3 is 13.4 Å². The van der Waals surface area contributed by atoms with Crippen molar-refractivity contribution in [2.45, 2.75) is 0 Å². The van der Waals surface area contributed by atoms with E-state index < -0.39 is 0 Å². The summed E-state index contributed by atoms with van der Waals surface area (Å²) in [5.41, 5.74) is 0. The normalized spacial score (nSPS) is 2.80. The number of hydrogen-bond acceptors (Lipinski definition) is 0. The van der Waals surface area contributed by atoms with Crippen molar-refractivity contribution in [1.29, 1.82) is 0 Å². The van der Waals surface area contributed by atoms with Crippen LogP contribution in [0.3, 0.4) is 0 Å². The zero-order valence-electron chi connectivity index (χ0n) is 1.83.